The maximum absolute atomic E-state index is 11.3. The van der Waals surface area contributed by atoms with Crippen LogP contribution < -0.4 is 0 Å². The minimum absolute atomic E-state index is 0.289. The number of Topliss-reactive ketones (excluding diaryl/α,β-unsaturated/α-hetero) is 1. The molecule has 1 rings (SSSR count). The quantitative estimate of drug-likeness (QED) is 0.621. The molecule has 1 saturated carbocycles. The number of ether oxygens (including phenoxy) is 1. The molecule has 64 valence electrons. The summed E-state index contributed by atoms with van der Waals surface area (Å²) in [5.41, 5.74) is 0. The number of hydrogen-bond donors (Lipinski definition) is 0. The van der Waals surface area contributed by atoms with E-state index in [1.54, 1.807) is 7.11 Å². The van der Waals surface area contributed by atoms with Gasteiger partial charge in [0, 0.05) is 13.0 Å². The summed E-state index contributed by atoms with van der Waals surface area (Å²) in [5.74, 6) is 1.32. The molecule has 0 aromatic rings. The van der Waals surface area contributed by atoms with Gasteiger partial charge in [-0.25, -0.2) is 0 Å². The lowest BCUT2D eigenvalue weighted by Crippen LogP contribution is -2.16. The first-order chi connectivity index (χ1) is 5.24. The number of carbonyl (C=O) groups excluding carboxylic acids is 1. The summed E-state index contributed by atoms with van der Waals surface area (Å²) < 4.78 is 4.80. The monoisotopic (exact) mass is 156 g/mol. The van der Waals surface area contributed by atoms with Crippen LogP contribution in [0, 0.1) is 11.8 Å². The van der Waals surface area contributed by atoms with E-state index in [1.807, 2.05) is 0 Å². The fraction of sp³-hybridized carbons (Fsp3) is 0.889. The van der Waals surface area contributed by atoms with E-state index >= 15 is 0 Å². The average Bonchev–Trinajstić information content (AvgIpc) is 2.36. The molecule has 0 aliphatic heterocycles. The molecule has 2 atom stereocenters. The van der Waals surface area contributed by atoms with Crippen molar-refractivity contribution in [2.75, 3.05) is 13.7 Å². The molecule has 0 N–H and O–H groups in total. The molecular weight excluding hydrogens is 140 g/mol. The van der Waals surface area contributed by atoms with Gasteiger partial charge in [0.05, 0.1) is 0 Å². The van der Waals surface area contributed by atoms with Gasteiger partial charge < -0.3 is 4.74 Å². The van der Waals surface area contributed by atoms with Crippen molar-refractivity contribution in [2.24, 2.45) is 11.8 Å². The number of hydrogen-bond acceptors (Lipinski definition) is 2. The van der Waals surface area contributed by atoms with Crippen molar-refractivity contribution in [3.05, 3.63) is 0 Å². The smallest absolute Gasteiger partial charge is 0.161 e. The van der Waals surface area contributed by atoms with Crippen LogP contribution in [0.1, 0.15) is 26.2 Å². The largest absolute Gasteiger partial charge is 0.377 e. The second-order valence-electron chi connectivity index (χ2n) is 3.51. The first kappa shape index (κ1) is 8.72. The zero-order valence-corrected chi connectivity index (χ0v) is 7.30. The summed E-state index contributed by atoms with van der Waals surface area (Å²) in [5, 5.41) is 0. The third-order valence-electron chi connectivity index (χ3n) is 2.44. The van der Waals surface area contributed by atoms with Crippen LogP contribution in [-0.2, 0) is 9.53 Å². The summed E-state index contributed by atoms with van der Waals surface area (Å²) in [6, 6.07) is 0. The predicted octanol–water partition coefficient (Wildman–Crippen LogP) is 1.64. The minimum atomic E-state index is 0.289. The van der Waals surface area contributed by atoms with Gasteiger partial charge in [-0.05, 0) is 25.2 Å². The predicted molar refractivity (Wildman–Crippen MR) is 43.4 cm³/mol. The molecule has 2 unspecified atom stereocenters. The van der Waals surface area contributed by atoms with Gasteiger partial charge in [-0.1, -0.05) is 6.92 Å². The number of methoxy groups -OCH3 is 1. The lowest BCUT2D eigenvalue weighted by atomic mass is 10.0. The topological polar surface area (TPSA) is 26.3 Å². The van der Waals surface area contributed by atoms with Crippen LogP contribution in [0.3, 0.4) is 0 Å². The van der Waals surface area contributed by atoms with Crippen molar-refractivity contribution in [3.63, 3.8) is 0 Å². The number of rotatable bonds is 3. The maximum Gasteiger partial charge on any atom is 0.161 e. The van der Waals surface area contributed by atoms with Crippen LogP contribution in [0.4, 0.5) is 0 Å². The van der Waals surface area contributed by atoms with Crippen molar-refractivity contribution in [1.29, 1.82) is 0 Å². The van der Waals surface area contributed by atoms with Crippen molar-refractivity contribution >= 4 is 5.78 Å². The van der Waals surface area contributed by atoms with Gasteiger partial charge in [0.2, 0.25) is 0 Å². The summed E-state index contributed by atoms with van der Waals surface area (Å²) in [6.07, 6.45) is 3.35. The van der Waals surface area contributed by atoms with Gasteiger partial charge in [0.1, 0.15) is 6.61 Å². The van der Waals surface area contributed by atoms with Gasteiger partial charge in [0.25, 0.3) is 0 Å². The highest BCUT2D eigenvalue weighted by Gasteiger charge is 2.26. The van der Waals surface area contributed by atoms with Crippen molar-refractivity contribution in [3.8, 4) is 0 Å². The fourth-order valence-electron chi connectivity index (χ4n) is 1.76. The Morgan fingerprint density at radius 1 is 1.55 bits per heavy atom. The van der Waals surface area contributed by atoms with Crippen molar-refractivity contribution < 1.29 is 9.53 Å². The molecule has 0 spiro atoms. The van der Waals surface area contributed by atoms with E-state index in [0.29, 0.717) is 12.5 Å². The SMILES string of the molecule is COCC(=O)C1CCC(C)C1. The van der Waals surface area contributed by atoms with Gasteiger partial charge in [-0.15, -0.1) is 0 Å². The van der Waals surface area contributed by atoms with Gasteiger partial charge >= 0.3 is 0 Å². The van der Waals surface area contributed by atoms with Crippen LogP contribution >= 0.6 is 0 Å². The second-order valence-corrected chi connectivity index (χ2v) is 3.51. The normalized spacial score (nSPS) is 30.7. The third kappa shape index (κ3) is 2.29. The highest BCUT2D eigenvalue weighted by molar-refractivity contribution is 5.82. The molecule has 1 aliphatic carbocycles. The molecule has 2 nitrogen and oxygen atoms in total. The van der Waals surface area contributed by atoms with Crippen LogP contribution in [0.15, 0.2) is 0 Å². The van der Waals surface area contributed by atoms with Crippen LogP contribution in [0.2, 0.25) is 0 Å². The molecule has 2 heteroatoms. The average molecular weight is 156 g/mol. The minimum Gasteiger partial charge on any atom is -0.377 e. The molecule has 0 saturated heterocycles. The number of carbonyl (C=O) groups is 1. The van der Waals surface area contributed by atoms with E-state index in [-0.39, 0.29) is 5.78 Å². The molecule has 0 radical (unpaired) electrons. The Bertz CT molecular complexity index is 142. The molecule has 1 aliphatic rings. The van der Waals surface area contributed by atoms with E-state index < -0.39 is 0 Å². The van der Waals surface area contributed by atoms with Crippen LogP contribution in [-0.4, -0.2) is 19.5 Å². The third-order valence-corrected chi connectivity index (χ3v) is 2.44. The van der Waals surface area contributed by atoms with Gasteiger partial charge in [-0.3, -0.25) is 4.79 Å². The highest BCUT2D eigenvalue weighted by atomic mass is 16.5. The second kappa shape index (κ2) is 3.86. The van der Waals surface area contributed by atoms with Gasteiger partial charge in [-0.2, -0.15) is 0 Å². The summed E-state index contributed by atoms with van der Waals surface area (Å²) >= 11 is 0. The van der Waals surface area contributed by atoms with Crippen LogP contribution in [0.25, 0.3) is 0 Å². The molecule has 0 bridgehead atoms. The Labute approximate surface area is 67.9 Å². The molecule has 0 amide bonds. The lowest BCUT2D eigenvalue weighted by Gasteiger charge is -2.06. The summed E-state index contributed by atoms with van der Waals surface area (Å²) in [6.45, 7) is 2.51. The van der Waals surface area contributed by atoms with Crippen LogP contribution in [0.5, 0.6) is 0 Å². The molecule has 0 aromatic carbocycles. The van der Waals surface area contributed by atoms with E-state index in [2.05, 4.69) is 6.92 Å². The summed E-state index contributed by atoms with van der Waals surface area (Å²) in [7, 11) is 1.58. The van der Waals surface area contributed by atoms with E-state index in [4.69, 9.17) is 4.74 Å². The summed E-state index contributed by atoms with van der Waals surface area (Å²) in [4.78, 5) is 11.3. The number of ketones is 1. The highest BCUT2D eigenvalue weighted by Crippen LogP contribution is 2.30. The van der Waals surface area contributed by atoms with Gasteiger partial charge in [0.15, 0.2) is 5.78 Å². The van der Waals surface area contributed by atoms with E-state index in [0.717, 1.165) is 18.8 Å². The van der Waals surface area contributed by atoms with E-state index in [1.165, 1.54) is 6.42 Å². The molecule has 1 fully saturated rings. The Balaban J connectivity index is 2.31. The molecular formula is C9H16O2. The van der Waals surface area contributed by atoms with Crippen molar-refractivity contribution in [2.45, 2.75) is 26.2 Å². The van der Waals surface area contributed by atoms with Crippen molar-refractivity contribution in [1.82, 2.24) is 0 Å². The Morgan fingerprint density at radius 2 is 2.27 bits per heavy atom. The van der Waals surface area contributed by atoms with E-state index in [9.17, 15) is 4.79 Å². The molecule has 0 aromatic heterocycles. The molecule has 11 heavy (non-hydrogen) atoms. The maximum atomic E-state index is 11.3. The Kier molecular flexibility index (Phi) is 3.06. The first-order valence-electron chi connectivity index (χ1n) is 4.25. The fourth-order valence-corrected chi connectivity index (χ4v) is 1.76. The zero-order chi connectivity index (χ0) is 8.27. The first-order valence-corrected chi connectivity index (χ1v) is 4.25. The lowest BCUT2D eigenvalue weighted by molar-refractivity contribution is -0.126. The standard InChI is InChI=1S/C9H16O2/c1-7-3-4-8(5-7)9(10)6-11-2/h7-8H,3-6H2,1-2H3. The Hall–Kier alpha value is -0.370. The Morgan fingerprint density at radius 3 is 2.73 bits per heavy atom. The molecule has 0 heterocycles. The zero-order valence-electron chi connectivity index (χ0n) is 7.30.